The molecule has 0 spiro atoms. The Labute approximate surface area is 107 Å². The average Bonchev–Trinajstić information content (AvgIpc) is 3.22. The third kappa shape index (κ3) is 2.41. The van der Waals surface area contributed by atoms with Gasteiger partial charge in [0.25, 0.3) is 0 Å². The Hall–Kier alpha value is -1.36. The van der Waals surface area contributed by atoms with E-state index in [2.05, 4.69) is 20.2 Å². The SMILES string of the molecule is CNc1cc(N2CCCC(O)C2)nc(C2CC2)n1. The van der Waals surface area contributed by atoms with E-state index in [4.69, 9.17) is 0 Å². The molecule has 1 unspecified atom stereocenters. The molecule has 1 aliphatic carbocycles. The number of hydrogen-bond acceptors (Lipinski definition) is 5. The van der Waals surface area contributed by atoms with E-state index in [1.54, 1.807) is 0 Å². The van der Waals surface area contributed by atoms with Crippen molar-refractivity contribution in [3.05, 3.63) is 11.9 Å². The normalized spacial score (nSPS) is 24.1. The van der Waals surface area contributed by atoms with Crippen molar-refractivity contribution in [3.63, 3.8) is 0 Å². The van der Waals surface area contributed by atoms with Crippen LogP contribution in [0.3, 0.4) is 0 Å². The maximum atomic E-state index is 9.76. The number of nitrogens with one attached hydrogen (secondary N) is 1. The Bertz CT molecular complexity index is 433. The Balaban J connectivity index is 1.87. The van der Waals surface area contributed by atoms with Crippen molar-refractivity contribution in [2.24, 2.45) is 0 Å². The van der Waals surface area contributed by atoms with Crippen LogP contribution in [0.5, 0.6) is 0 Å². The summed E-state index contributed by atoms with van der Waals surface area (Å²) in [7, 11) is 1.88. The van der Waals surface area contributed by atoms with Crippen molar-refractivity contribution in [2.45, 2.75) is 37.7 Å². The van der Waals surface area contributed by atoms with E-state index in [1.807, 2.05) is 13.1 Å². The molecule has 1 saturated carbocycles. The maximum Gasteiger partial charge on any atom is 0.136 e. The maximum absolute atomic E-state index is 9.76. The minimum atomic E-state index is -0.226. The quantitative estimate of drug-likeness (QED) is 0.845. The van der Waals surface area contributed by atoms with Crippen LogP contribution in [0.15, 0.2) is 6.07 Å². The summed E-state index contributed by atoms with van der Waals surface area (Å²) in [4.78, 5) is 11.4. The van der Waals surface area contributed by atoms with Crippen molar-refractivity contribution >= 4 is 11.6 Å². The van der Waals surface area contributed by atoms with E-state index in [1.165, 1.54) is 12.8 Å². The lowest BCUT2D eigenvalue weighted by Crippen LogP contribution is -2.38. The van der Waals surface area contributed by atoms with Crippen LogP contribution in [-0.2, 0) is 0 Å². The summed E-state index contributed by atoms with van der Waals surface area (Å²) in [6.07, 6.45) is 4.11. The standard InChI is InChI=1S/C13H20N4O/c1-14-11-7-12(16-13(15-11)9-4-5-9)17-6-2-3-10(18)8-17/h7,9-10,18H,2-6,8H2,1H3,(H,14,15,16). The van der Waals surface area contributed by atoms with Crippen LogP contribution >= 0.6 is 0 Å². The van der Waals surface area contributed by atoms with Crippen molar-refractivity contribution in [1.82, 2.24) is 9.97 Å². The number of aliphatic hydroxyl groups is 1. The monoisotopic (exact) mass is 248 g/mol. The fourth-order valence-corrected chi connectivity index (χ4v) is 2.43. The van der Waals surface area contributed by atoms with E-state index < -0.39 is 0 Å². The molecule has 5 heteroatoms. The van der Waals surface area contributed by atoms with Crippen molar-refractivity contribution in [1.29, 1.82) is 0 Å². The minimum absolute atomic E-state index is 0.226. The van der Waals surface area contributed by atoms with E-state index in [0.717, 1.165) is 36.8 Å². The van der Waals surface area contributed by atoms with Gasteiger partial charge in [-0.15, -0.1) is 0 Å². The Kier molecular flexibility index (Phi) is 3.07. The second-order valence-corrected chi connectivity index (χ2v) is 5.24. The zero-order valence-corrected chi connectivity index (χ0v) is 10.8. The lowest BCUT2D eigenvalue weighted by atomic mass is 10.1. The topological polar surface area (TPSA) is 61.3 Å². The molecule has 1 aromatic heterocycles. The number of β-amino-alcohol motifs (C(OH)–C–C–N with tert-alkyl or cyclic N) is 1. The molecule has 1 aliphatic heterocycles. The first-order valence-corrected chi connectivity index (χ1v) is 6.76. The molecule has 2 fully saturated rings. The number of piperidine rings is 1. The fraction of sp³-hybridized carbons (Fsp3) is 0.692. The summed E-state index contributed by atoms with van der Waals surface area (Å²) >= 11 is 0. The number of nitrogens with zero attached hydrogens (tertiary/aromatic N) is 3. The molecule has 0 aromatic carbocycles. The molecule has 98 valence electrons. The van der Waals surface area contributed by atoms with Crippen LogP contribution < -0.4 is 10.2 Å². The third-order valence-electron chi connectivity index (χ3n) is 3.65. The molecule has 3 rings (SSSR count). The zero-order chi connectivity index (χ0) is 12.5. The van der Waals surface area contributed by atoms with Gasteiger partial charge in [-0.1, -0.05) is 0 Å². The largest absolute Gasteiger partial charge is 0.391 e. The zero-order valence-electron chi connectivity index (χ0n) is 10.8. The summed E-state index contributed by atoms with van der Waals surface area (Å²) in [5.41, 5.74) is 0. The third-order valence-corrected chi connectivity index (χ3v) is 3.65. The fourth-order valence-electron chi connectivity index (χ4n) is 2.43. The second kappa shape index (κ2) is 4.72. The number of anilines is 2. The lowest BCUT2D eigenvalue weighted by molar-refractivity contribution is 0.154. The van der Waals surface area contributed by atoms with Gasteiger partial charge in [-0.2, -0.15) is 0 Å². The number of hydrogen-bond donors (Lipinski definition) is 2. The Morgan fingerprint density at radius 1 is 1.33 bits per heavy atom. The molecule has 5 nitrogen and oxygen atoms in total. The van der Waals surface area contributed by atoms with Crippen LogP contribution in [0.2, 0.25) is 0 Å². The van der Waals surface area contributed by atoms with Crippen molar-refractivity contribution in [3.8, 4) is 0 Å². The van der Waals surface area contributed by atoms with Gasteiger partial charge in [-0.3, -0.25) is 0 Å². The van der Waals surface area contributed by atoms with Crippen LogP contribution in [0, 0.1) is 0 Å². The molecule has 0 bridgehead atoms. The highest BCUT2D eigenvalue weighted by Crippen LogP contribution is 2.39. The summed E-state index contributed by atoms with van der Waals surface area (Å²) in [6, 6.07) is 1.98. The van der Waals surface area contributed by atoms with E-state index in [-0.39, 0.29) is 6.10 Å². The predicted molar refractivity (Wildman–Crippen MR) is 71.0 cm³/mol. The highest BCUT2D eigenvalue weighted by Gasteiger charge is 2.28. The molecule has 0 amide bonds. The number of aromatic nitrogens is 2. The molecule has 2 aliphatic rings. The molecule has 2 heterocycles. The van der Waals surface area contributed by atoms with Gasteiger partial charge in [0.15, 0.2) is 0 Å². The average molecular weight is 248 g/mol. The summed E-state index contributed by atoms with van der Waals surface area (Å²) in [5.74, 6) is 3.33. The Morgan fingerprint density at radius 3 is 2.83 bits per heavy atom. The first-order valence-electron chi connectivity index (χ1n) is 6.76. The first-order chi connectivity index (χ1) is 8.76. The highest BCUT2D eigenvalue weighted by molar-refractivity contribution is 5.50. The summed E-state index contributed by atoms with van der Waals surface area (Å²) < 4.78 is 0. The summed E-state index contributed by atoms with van der Waals surface area (Å²) in [6.45, 7) is 1.66. The first kappa shape index (κ1) is 11.7. The van der Waals surface area contributed by atoms with Gasteiger partial charge in [0.05, 0.1) is 6.10 Å². The van der Waals surface area contributed by atoms with Gasteiger partial charge in [0.1, 0.15) is 17.5 Å². The van der Waals surface area contributed by atoms with Crippen LogP contribution in [0.25, 0.3) is 0 Å². The van der Waals surface area contributed by atoms with Gasteiger partial charge in [-0.25, -0.2) is 9.97 Å². The van der Waals surface area contributed by atoms with Crippen molar-refractivity contribution < 1.29 is 5.11 Å². The highest BCUT2D eigenvalue weighted by atomic mass is 16.3. The summed E-state index contributed by atoms with van der Waals surface area (Å²) in [5, 5.41) is 12.9. The van der Waals surface area contributed by atoms with Crippen LogP contribution in [0.4, 0.5) is 11.6 Å². The molecule has 1 saturated heterocycles. The van der Waals surface area contributed by atoms with Gasteiger partial charge in [0.2, 0.25) is 0 Å². The van der Waals surface area contributed by atoms with Gasteiger partial charge >= 0.3 is 0 Å². The van der Waals surface area contributed by atoms with Crippen LogP contribution in [-0.4, -0.2) is 41.3 Å². The lowest BCUT2D eigenvalue weighted by Gasteiger charge is -2.31. The second-order valence-electron chi connectivity index (χ2n) is 5.24. The van der Waals surface area contributed by atoms with E-state index in [0.29, 0.717) is 12.5 Å². The van der Waals surface area contributed by atoms with E-state index in [9.17, 15) is 5.11 Å². The number of rotatable bonds is 3. The molecular weight excluding hydrogens is 228 g/mol. The predicted octanol–water partition coefficient (Wildman–Crippen LogP) is 1.36. The minimum Gasteiger partial charge on any atom is -0.391 e. The molecule has 18 heavy (non-hydrogen) atoms. The van der Waals surface area contributed by atoms with Crippen molar-refractivity contribution in [2.75, 3.05) is 30.4 Å². The van der Waals surface area contributed by atoms with Gasteiger partial charge < -0.3 is 15.3 Å². The molecule has 1 aromatic rings. The molecular formula is C13H20N4O. The van der Waals surface area contributed by atoms with Gasteiger partial charge in [0, 0.05) is 32.1 Å². The van der Waals surface area contributed by atoms with Crippen LogP contribution in [0.1, 0.15) is 37.4 Å². The smallest absolute Gasteiger partial charge is 0.136 e. The molecule has 2 N–H and O–H groups in total. The molecule has 0 radical (unpaired) electrons. The molecule has 1 atom stereocenters. The van der Waals surface area contributed by atoms with Gasteiger partial charge in [-0.05, 0) is 25.7 Å². The Morgan fingerprint density at radius 2 is 2.17 bits per heavy atom. The van der Waals surface area contributed by atoms with E-state index >= 15 is 0 Å². The number of aliphatic hydroxyl groups excluding tert-OH is 1.